The van der Waals surface area contributed by atoms with Crippen molar-refractivity contribution >= 4 is 0 Å². The monoisotopic (exact) mass is 254 g/mol. The lowest BCUT2D eigenvalue weighted by Crippen LogP contribution is -2.00. The van der Waals surface area contributed by atoms with Crippen molar-refractivity contribution in [2.45, 2.75) is 20.8 Å². The summed E-state index contributed by atoms with van der Waals surface area (Å²) in [6.45, 7) is 6.07. The molecule has 0 atom stereocenters. The Morgan fingerprint density at radius 3 is 1.63 bits per heavy atom. The van der Waals surface area contributed by atoms with Crippen LogP contribution < -0.4 is 0 Å². The van der Waals surface area contributed by atoms with Crippen LogP contribution >= 0.6 is 0 Å². The first-order chi connectivity index (χ1) is 9.33. The highest BCUT2D eigenvalue weighted by molar-refractivity contribution is 5.46. The maximum atomic E-state index is 4.24. The van der Waals surface area contributed by atoms with Crippen molar-refractivity contribution in [2.24, 2.45) is 0 Å². The Bertz CT molecular complexity index is 557. The lowest BCUT2D eigenvalue weighted by molar-refractivity contribution is 0.854. The van der Waals surface area contributed by atoms with Gasteiger partial charge >= 0.3 is 0 Å². The highest BCUT2D eigenvalue weighted by Crippen LogP contribution is 2.16. The van der Waals surface area contributed by atoms with Crippen molar-refractivity contribution in [1.82, 2.24) is 19.6 Å². The smallest absolute Gasteiger partial charge is 0.0669 e. The van der Waals surface area contributed by atoms with Crippen molar-refractivity contribution < 1.29 is 0 Å². The Kier molecular flexibility index (Phi) is 4.13. The first-order valence-electron chi connectivity index (χ1n) is 6.45. The summed E-state index contributed by atoms with van der Waals surface area (Å²) in [4.78, 5) is 0. The fourth-order valence-electron chi connectivity index (χ4n) is 1.85. The number of nitrogens with zero attached hydrogens (tertiary/aromatic N) is 4. The van der Waals surface area contributed by atoms with Crippen molar-refractivity contribution in [1.29, 1.82) is 0 Å². The molecule has 0 spiro atoms. The van der Waals surface area contributed by atoms with E-state index in [2.05, 4.69) is 35.3 Å². The lowest BCUT2D eigenvalue weighted by atomic mass is 10.2. The molecule has 0 radical (unpaired) electrons. The number of benzene rings is 1. The van der Waals surface area contributed by atoms with Crippen LogP contribution in [0.4, 0.5) is 0 Å². The van der Waals surface area contributed by atoms with Crippen LogP contribution in [0.2, 0.25) is 0 Å². The quantitative estimate of drug-likeness (QED) is 0.702. The third-order valence-corrected chi connectivity index (χ3v) is 2.58. The molecule has 4 nitrogen and oxygen atoms in total. The van der Waals surface area contributed by atoms with Crippen molar-refractivity contribution in [3.05, 3.63) is 60.7 Å². The average Bonchev–Trinajstić information content (AvgIpc) is 3.14. The van der Waals surface area contributed by atoms with E-state index in [1.807, 2.05) is 47.7 Å². The second-order valence-electron chi connectivity index (χ2n) is 3.93. The highest BCUT2D eigenvalue weighted by Gasteiger charge is 2.02. The predicted molar refractivity (Wildman–Crippen MR) is 76.8 cm³/mol. The topological polar surface area (TPSA) is 35.6 Å². The summed E-state index contributed by atoms with van der Waals surface area (Å²) >= 11 is 0. The maximum Gasteiger partial charge on any atom is 0.0669 e. The number of aryl methyl sites for hydroxylation is 1. The first-order valence-corrected chi connectivity index (χ1v) is 6.45. The van der Waals surface area contributed by atoms with Crippen LogP contribution in [0.5, 0.6) is 0 Å². The Hall–Kier alpha value is -2.36. The van der Waals surface area contributed by atoms with Gasteiger partial charge < -0.3 is 0 Å². The summed E-state index contributed by atoms with van der Waals surface area (Å²) in [7, 11) is 0. The largest absolute Gasteiger partial charge is 0.241 e. The molecular weight excluding hydrogens is 236 g/mol. The normalized spacial score (nSPS) is 9.84. The zero-order valence-corrected chi connectivity index (χ0v) is 11.5. The SMILES string of the molecule is CC.Cc1cc(-n2cccn2)cc(-n2cccn2)c1. The van der Waals surface area contributed by atoms with E-state index in [-0.39, 0.29) is 0 Å². The van der Waals surface area contributed by atoms with E-state index >= 15 is 0 Å². The fourth-order valence-corrected chi connectivity index (χ4v) is 1.85. The van der Waals surface area contributed by atoms with E-state index < -0.39 is 0 Å². The number of rotatable bonds is 2. The van der Waals surface area contributed by atoms with Crippen LogP contribution in [0, 0.1) is 6.92 Å². The molecule has 1 aromatic carbocycles. The number of hydrogen-bond acceptors (Lipinski definition) is 2. The molecule has 0 unspecified atom stereocenters. The molecule has 0 aliphatic rings. The van der Waals surface area contributed by atoms with Gasteiger partial charge in [0, 0.05) is 24.8 Å². The molecule has 4 heteroatoms. The number of hydrogen-bond donors (Lipinski definition) is 0. The van der Waals surface area contributed by atoms with Gasteiger partial charge in [0.15, 0.2) is 0 Å². The summed E-state index contributed by atoms with van der Waals surface area (Å²) in [5.74, 6) is 0. The Balaban J connectivity index is 0.000000637. The van der Waals surface area contributed by atoms with Gasteiger partial charge in [-0.1, -0.05) is 13.8 Å². The molecule has 3 rings (SSSR count). The third kappa shape index (κ3) is 2.91. The molecule has 0 N–H and O–H groups in total. The highest BCUT2D eigenvalue weighted by atomic mass is 15.3. The molecule has 19 heavy (non-hydrogen) atoms. The first kappa shape index (κ1) is 13.1. The molecule has 0 aliphatic heterocycles. The summed E-state index contributed by atoms with van der Waals surface area (Å²) in [6.07, 6.45) is 7.41. The van der Waals surface area contributed by atoms with Gasteiger partial charge in [0.2, 0.25) is 0 Å². The van der Waals surface area contributed by atoms with E-state index in [1.165, 1.54) is 5.56 Å². The Morgan fingerprint density at radius 1 is 0.789 bits per heavy atom. The second-order valence-corrected chi connectivity index (χ2v) is 3.93. The average molecular weight is 254 g/mol. The zero-order chi connectivity index (χ0) is 13.7. The minimum atomic E-state index is 1.04. The van der Waals surface area contributed by atoms with Crippen LogP contribution in [-0.4, -0.2) is 19.6 Å². The van der Waals surface area contributed by atoms with Crippen LogP contribution in [-0.2, 0) is 0 Å². The van der Waals surface area contributed by atoms with Crippen LogP contribution in [0.3, 0.4) is 0 Å². The minimum Gasteiger partial charge on any atom is -0.241 e. The Labute approximate surface area is 113 Å². The van der Waals surface area contributed by atoms with Crippen molar-refractivity contribution in [3.63, 3.8) is 0 Å². The van der Waals surface area contributed by atoms with Gasteiger partial charge in [-0.2, -0.15) is 10.2 Å². The van der Waals surface area contributed by atoms with Gasteiger partial charge in [-0.15, -0.1) is 0 Å². The second kappa shape index (κ2) is 6.00. The molecule has 0 aliphatic carbocycles. The van der Waals surface area contributed by atoms with Gasteiger partial charge in [-0.3, -0.25) is 0 Å². The summed E-state index contributed by atoms with van der Waals surface area (Å²) in [5, 5.41) is 8.47. The summed E-state index contributed by atoms with van der Waals surface area (Å²) in [5.41, 5.74) is 3.27. The minimum absolute atomic E-state index is 1.04. The van der Waals surface area contributed by atoms with Crippen LogP contribution in [0.15, 0.2) is 55.1 Å². The zero-order valence-electron chi connectivity index (χ0n) is 11.5. The van der Waals surface area contributed by atoms with Gasteiger partial charge in [0.05, 0.1) is 11.4 Å². The summed E-state index contributed by atoms with van der Waals surface area (Å²) in [6, 6.07) is 10.1. The lowest BCUT2D eigenvalue weighted by Gasteiger charge is -2.07. The molecule has 2 aromatic heterocycles. The van der Waals surface area contributed by atoms with Gasteiger partial charge in [0.1, 0.15) is 0 Å². The van der Waals surface area contributed by atoms with Gasteiger partial charge in [0.25, 0.3) is 0 Å². The molecule has 98 valence electrons. The number of aromatic nitrogens is 4. The van der Waals surface area contributed by atoms with E-state index in [4.69, 9.17) is 0 Å². The van der Waals surface area contributed by atoms with E-state index in [9.17, 15) is 0 Å². The fraction of sp³-hybridized carbons (Fsp3) is 0.200. The molecule has 0 fully saturated rings. The van der Waals surface area contributed by atoms with Crippen molar-refractivity contribution in [2.75, 3.05) is 0 Å². The van der Waals surface area contributed by atoms with E-state index in [0.717, 1.165) is 11.4 Å². The Morgan fingerprint density at radius 2 is 1.26 bits per heavy atom. The molecule has 2 heterocycles. The summed E-state index contributed by atoms with van der Waals surface area (Å²) < 4.78 is 3.69. The molecule has 3 aromatic rings. The van der Waals surface area contributed by atoms with Crippen LogP contribution in [0.1, 0.15) is 19.4 Å². The predicted octanol–water partition coefficient (Wildman–Crippen LogP) is 3.39. The van der Waals surface area contributed by atoms with Gasteiger partial charge in [-0.05, 0) is 42.8 Å². The van der Waals surface area contributed by atoms with E-state index in [1.54, 1.807) is 12.4 Å². The van der Waals surface area contributed by atoms with Crippen LogP contribution in [0.25, 0.3) is 11.4 Å². The molecular formula is C15H18N4. The molecule has 0 saturated carbocycles. The third-order valence-electron chi connectivity index (χ3n) is 2.58. The molecule has 0 amide bonds. The standard InChI is InChI=1S/C13H12N4.C2H6/c1-11-8-12(16-6-2-4-14-16)10-13(9-11)17-7-3-5-15-17;1-2/h2-10H,1H3;1-2H3. The maximum absolute atomic E-state index is 4.24. The van der Waals surface area contributed by atoms with Crippen molar-refractivity contribution in [3.8, 4) is 11.4 Å². The molecule has 0 saturated heterocycles. The molecule has 0 bridgehead atoms. The van der Waals surface area contributed by atoms with Gasteiger partial charge in [-0.25, -0.2) is 9.36 Å². The van der Waals surface area contributed by atoms with E-state index in [0.29, 0.717) is 0 Å².